The highest BCUT2D eigenvalue weighted by molar-refractivity contribution is 5.88. The van der Waals surface area contributed by atoms with Crippen LogP contribution in [0, 0.1) is 0 Å². The van der Waals surface area contributed by atoms with Gasteiger partial charge in [-0.1, -0.05) is 68.4 Å². The number of hydrogen-bond donors (Lipinski definition) is 0. The van der Waals surface area contributed by atoms with Gasteiger partial charge in [0.05, 0.1) is 12.5 Å². The van der Waals surface area contributed by atoms with Gasteiger partial charge in [-0.3, -0.25) is 4.79 Å². The summed E-state index contributed by atoms with van der Waals surface area (Å²) >= 11 is 0. The fourth-order valence-electron chi connectivity index (χ4n) is 3.19. The monoisotopic (exact) mass is 393 g/mol. The molecule has 1 atom stereocenters. The molecule has 0 aliphatic heterocycles. The molecule has 0 amide bonds. The predicted octanol–water partition coefficient (Wildman–Crippen LogP) is 4.37. The van der Waals surface area contributed by atoms with Crippen molar-refractivity contribution < 1.29 is 14.3 Å². The van der Waals surface area contributed by atoms with Gasteiger partial charge >= 0.3 is 6.01 Å². The van der Waals surface area contributed by atoms with E-state index in [0.717, 1.165) is 17.5 Å². The van der Waals surface area contributed by atoms with E-state index in [1.165, 1.54) is 10.2 Å². The molecule has 0 spiro atoms. The molecular weight excluding hydrogens is 366 g/mol. The first-order chi connectivity index (χ1) is 14.2. The lowest BCUT2D eigenvalue weighted by Gasteiger charge is -2.15. The predicted molar refractivity (Wildman–Crippen MR) is 112 cm³/mol. The fraction of sp³-hybridized carbons (Fsp3) is 0.348. The maximum atomic E-state index is 13.4. The summed E-state index contributed by atoms with van der Waals surface area (Å²) in [6, 6.07) is 17.9. The number of aromatic nitrogens is 3. The van der Waals surface area contributed by atoms with Gasteiger partial charge in [-0.15, -0.1) is 5.10 Å². The van der Waals surface area contributed by atoms with E-state index in [1.807, 2.05) is 61.5 Å². The van der Waals surface area contributed by atoms with Gasteiger partial charge in [0.25, 0.3) is 5.91 Å². The highest BCUT2D eigenvalue weighted by atomic mass is 16.5. The van der Waals surface area contributed by atoms with Crippen molar-refractivity contribution in [3.63, 3.8) is 0 Å². The second-order valence-corrected chi connectivity index (χ2v) is 6.73. The lowest BCUT2D eigenvalue weighted by atomic mass is 9.95. The molecule has 0 bridgehead atoms. The Morgan fingerprint density at radius 2 is 1.76 bits per heavy atom. The quantitative estimate of drug-likeness (QED) is 0.505. The van der Waals surface area contributed by atoms with Crippen LogP contribution >= 0.6 is 0 Å². The third kappa shape index (κ3) is 4.90. The molecule has 0 fully saturated rings. The number of carbonyl (C=O) groups excluding carboxylic acids is 1. The number of carbonyl (C=O) groups is 1. The Labute approximate surface area is 171 Å². The van der Waals surface area contributed by atoms with E-state index in [4.69, 9.17) is 9.47 Å². The molecule has 0 saturated heterocycles. The van der Waals surface area contributed by atoms with Crippen LogP contribution in [0.3, 0.4) is 0 Å². The van der Waals surface area contributed by atoms with E-state index in [9.17, 15) is 4.79 Å². The Morgan fingerprint density at radius 3 is 2.38 bits per heavy atom. The summed E-state index contributed by atoms with van der Waals surface area (Å²) in [5, 5.41) is 4.37. The van der Waals surface area contributed by atoms with Crippen molar-refractivity contribution in [1.29, 1.82) is 0 Å². The molecule has 0 radical (unpaired) electrons. The van der Waals surface area contributed by atoms with Gasteiger partial charge in [0.2, 0.25) is 0 Å². The van der Waals surface area contributed by atoms with Gasteiger partial charge in [-0.25, -0.2) is 0 Å². The molecule has 29 heavy (non-hydrogen) atoms. The first-order valence-corrected chi connectivity index (χ1v) is 9.95. The zero-order chi connectivity index (χ0) is 20.6. The zero-order valence-corrected chi connectivity index (χ0v) is 17.2. The summed E-state index contributed by atoms with van der Waals surface area (Å²) in [5.74, 6) is 0.0557. The Morgan fingerprint density at radius 1 is 1.03 bits per heavy atom. The molecular formula is C23H27N3O3. The summed E-state index contributed by atoms with van der Waals surface area (Å²) in [6.45, 7) is 4.84. The highest BCUT2D eigenvalue weighted by Gasteiger charge is 2.26. The Hall–Kier alpha value is -2.99. The van der Waals surface area contributed by atoms with Crippen molar-refractivity contribution in [1.82, 2.24) is 14.8 Å². The van der Waals surface area contributed by atoms with E-state index >= 15 is 0 Å². The maximum Gasteiger partial charge on any atom is 0.336 e. The van der Waals surface area contributed by atoms with E-state index in [0.29, 0.717) is 25.5 Å². The Balaban J connectivity index is 1.99. The average molecular weight is 393 g/mol. The number of methoxy groups -OCH3 is 1. The molecule has 0 saturated carbocycles. The summed E-state index contributed by atoms with van der Waals surface area (Å²) in [6.07, 6.45) is 1.61. The fourth-order valence-corrected chi connectivity index (χ4v) is 3.19. The molecule has 2 aromatic carbocycles. The van der Waals surface area contributed by atoms with Crippen molar-refractivity contribution in [3.8, 4) is 17.4 Å². The molecule has 1 heterocycles. The lowest BCUT2D eigenvalue weighted by Crippen LogP contribution is -2.22. The highest BCUT2D eigenvalue weighted by Crippen LogP contribution is 2.26. The molecule has 0 N–H and O–H groups in total. The number of aryl methyl sites for hydroxylation is 1. The molecule has 1 unspecified atom stereocenters. The standard InChI is InChI=1S/C23H27N3O3/c1-4-17-11-13-19(14-12-17)21-24-23(29-16-15-28-3)25-26(21)22(27)20(5-2)18-9-7-6-8-10-18/h6-14,20H,4-5,15-16H2,1-3H3. The van der Waals surface area contributed by atoms with Gasteiger partial charge in [-0.2, -0.15) is 9.67 Å². The second-order valence-electron chi connectivity index (χ2n) is 6.73. The van der Waals surface area contributed by atoms with Crippen LogP contribution in [0.15, 0.2) is 54.6 Å². The SMILES string of the molecule is CCc1ccc(-c2nc(OCCOC)nn2C(=O)C(CC)c2ccccc2)cc1. The van der Waals surface area contributed by atoms with Crippen LogP contribution in [0.5, 0.6) is 6.01 Å². The number of ether oxygens (including phenoxy) is 2. The third-order valence-electron chi connectivity index (χ3n) is 4.84. The van der Waals surface area contributed by atoms with Crippen molar-refractivity contribution in [2.75, 3.05) is 20.3 Å². The minimum atomic E-state index is -0.307. The molecule has 6 heteroatoms. The topological polar surface area (TPSA) is 66.2 Å². The van der Waals surface area contributed by atoms with Crippen molar-refractivity contribution in [2.24, 2.45) is 0 Å². The average Bonchev–Trinajstić information content (AvgIpc) is 3.19. The number of benzene rings is 2. The van der Waals surface area contributed by atoms with Crippen LogP contribution in [-0.4, -0.2) is 41.0 Å². The molecule has 152 valence electrons. The molecule has 1 aromatic heterocycles. The van der Waals surface area contributed by atoms with Gasteiger partial charge in [0.15, 0.2) is 5.82 Å². The van der Waals surface area contributed by atoms with Gasteiger partial charge in [0, 0.05) is 12.7 Å². The number of nitrogens with zero attached hydrogens (tertiary/aromatic N) is 3. The second kappa shape index (κ2) is 9.98. The zero-order valence-electron chi connectivity index (χ0n) is 17.2. The third-order valence-corrected chi connectivity index (χ3v) is 4.84. The van der Waals surface area contributed by atoms with E-state index in [2.05, 4.69) is 17.0 Å². The Kier molecular flexibility index (Phi) is 7.14. The van der Waals surface area contributed by atoms with Crippen molar-refractivity contribution in [2.45, 2.75) is 32.6 Å². The van der Waals surface area contributed by atoms with Gasteiger partial charge in [-0.05, 0) is 24.0 Å². The minimum Gasteiger partial charge on any atom is -0.460 e. The molecule has 0 aliphatic rings. The summed E-state index contributed by atoms with van der Waals surface area (Å²) in [5.41, 5.74) is 3.01. The Bertz CT molecular complexity index is 920. The smallest absolute Gasteiger partial charge is 0.336 e. The van der Waals surface area contributed by atoms with Crippen LogP contribution in [0.1, 0.15) is 42.1 Å². The number of rotatable bonds is 9. The van der Waals surface area contributed by atoms with Crippen LogP contribution < -0.4 is 4.74 Å². The van der Waals surface area contributed by atoms with Crippen LogP contribution in [0.25, 0.3) is 11.4 Å². The van der Waals surface area contributed by atoms with Gasteiger partial charge in [0.1, 0.15) is 6.61 Å². The van der Waals surface area contributed by atoms with Gasteiger partial charge < -0.3 is 9.47 Å². The maximum absolute atomic E-state index is 13.4. The van der Waals surface area contributed by atoms with E-state index < -0.39 is 0 Å². The van der Waals surface area contributed by atoms with E-state index in [-0.39, 0.29) is 17.8 Å². The normalized spacial score (nSPS) is 12.0. The molecule has 0 aliphatic carbocycles. The van der Waals surface area contributed by atoms with Crippen molar-refractivity contribution in [3.05, 3.63) is 65.7 Å². The summed E-state index contributed by atoms with van der Waals surface area (Å²) in [7, 11) is 1.60. The first-order valence-electron chi connectivity index (χ1n) is 9.95. The first kappa shape index (κ1) is 20.7. The molecule has 3 rings (SSSR count). The largest absolute Gasteiger partial charge is 0.460 e. The summed E-state index contributed by atoms with van der Waals surface area (Å²) < 4.78 is 12.0. The summed E-state index contributed by atoms with van der Waals surface area (Å²) in [4.78, 5) is 17.9. The van der Waals surface area contributed by atoms with Crippen LogP contribution in [0.4, 0.5) is 0 Å². The van der Waals surface area contributed by atoms with E-state index in [1.54, 1.807) is 7.11 Å². The van der Waals surface area contributed by atoms with Crippen molar-refractivity contribution >= 4 is 5.91 Å². The molecule has 6 nitrogen and oxygen atoms in total. The lowest BCUT2D eigenvalue weighted by molar-refractivity contribution is 0.0857. The molecule has 3 aromatic rings. The van der Waals surface area contributed by atoms with Crippen LogP contribution in [0.2, 0.25) is 0 Å². The minimum absolute atomic E-state index is 0.123. The number of hydrogen-bond acceptors (Lipinski definition) is 5. The van der Waals surface area contributed by atoms with Crippen LogP contribution in [-0.2, 0) is 11.2 Å².